The fourth-order valence-corrected chi connectivity index (χ4v) is 4.00. The van der Waals surface area contributed by atoms with E-state index in [1.54, 1.807) is 36.4 Å². The fourth-order valence-electron chi connectivity index (χ4n) is 3.04. The molecule has 0 saturated heterocycles. The smallest absolute Gasteiger partial charge is 0.234 e. The Morgan fingerprint density at radius 3 is 2.69 bits per heavy atom. The summed E-state index contributed by atoms with van der Waals surface area (Å²) in [5, 5.41) is 12.4. The number of halogens is 2. The molecule has 9 heteroatoms. The number of carbonyl (C=O) groups excluding carboxylic acids is 1. The second-order valence-electron chi connectivity index (χ2n) is 7.15. The van der Waals surface area contributed by atoms with Gasteiger partial charge in [-0.3, -0.25) is 4.79 Å². The second kappa shape index (κ2) is 12.5. The SMILES string of the molecule is CCCCCCn1c(COc2ccccc2F)nnc1SCC(=O)Nc1ccccc1Cl. The Labute approximate surface area is 196 Å². The maximum atomic E-state index is 13.9. The molecule has 0 bridgehead atoms. The third kappa shape index (κ3) is 6.97. The predicted octanol–water partition coefficient (Wildman–Crippen LogP) is 5.96. The lowest BCUT2D eigenvalue weighted by Crippen LogP contribution is -2.15. The quantitative estimate of drug-likeness (QED) is 0.258. The van der Waals surface area contributed by atoms with Gasteiger partial charge < -0.3 is 14.6 Å². The molecule has 6 nitrogen and oxygen atoms in total. The predicted molar refractivity (Wildman–Crippen MR) is 126 cm³/mol. The summed E-state index contributed by atoms with van der Waals surface area (Å²) in [5.41, 5.74) is 0.569. The third-order valence-electron chi connectivity index (χ3n) is 4.70. The van der Waals surface area contributed by atoms with Gasteiger partial charge >= 0.3 is 0 Å². The summed E-state index contributed by atoms with van der Waals surface area (Å²) >= 11 is 7.40. The highest BCUT2D eigenvalue weighted by Gasteiger charge is 2.16. The number of hydrogen-bond donors (Lipinski definition) is 1. The third-order valence-corrected chi connectivity index (χ3v) is 6.00. The van der Waals surface area contributed by atoms with Gasteiger partial charge in [0.05, 0.1) is 16.5 Å². The molecule has 0 spiro atoms. The summed E-state index contributed by atoms with van der Waals surface area (Å²) in [4.78, 5) is 12.4. The summed E-state index contributed by atoms with van der Waals surface area (Å²) in [6.45, 7) is 2.96. The molecule has 170 valence electrons. The van der Waals surface area contributed by atoms with Gasteiger partial charge in [-0.15, -0.1) is 10.2 Å². The van der Waals surface area contributed by atoms with Crippen LogP contribution in [-0.2, 0) is 17.9 Å². The second-order valence-corrected chi connectivity index (χ2v) is 8.50. The Morgan fingerprint density at radius 1 is 1.12 bits per heavy atom. The van der Waals surface area contributed by atoms with Gasteiger partial charge in [0.15, 0.2) is 22.5 Å². The average Bonchev–Trinajstić information content (AvgIpc) is 3.18. The van der Waals surface area contributed by atoms with Crippen LogP contribution in [0.1, 0.15) is 38.4 Å². The molecule has 0 saturated carbocycles. The first kappa shape index (κ1) is 24.1. The number of unbranched alkanes of at least 4 members (excludes halogenated alkanes) is 3. The van der Waals surface area contributed by atoms with Gasteiger partial charge in [0.2, 0.25) is 5.91 Å². The average molecular weight is 477 g/mol. The van der Waals surface area contributed by atoms with Crippen LogP contribution >= 0.6 is 23.4 Å². The molecule has 32 heavy (non-hydrogen) atoms. The number of carbonyl (C=O) groups is 1. The summed E-state index contributed by atoms with van der Waals surface area (Å²) in [7, 11) is 0. The van der Waals surface area contributed by atoms with Crippen molar-refractivity contribution in [3.63, 3.8) is 0 Å². The summed E-state index contributed by atoms with van der Waals surface area (Å²) < 4.78 is 21.4. The van der Waals surface area contributed by atoms with Crippen molar-refractivity contribution in [2.24, 2.45) is 0 Å². The van der Waals surface area contributed by atoms with E-state index >= 15 is 0 Å². The monoisotopic (exact) mass is 476 g/mol. The molecule has 1 aromatic heterocycles. The molecule has 1 amide bonds. The summed E-state index contributed by atoms with van der Waals surface area (Å²) in [6.07, 6.45) is 4.32. The molecular formula is C23H26ClFN4O2S. The van der Waals surface area contributed by atoms with Crippen molar-refractivity contribution < 1.29 is 13.9 Å². The molecular weight excluding hydrogens is 451 g/mol. The number of amides is 1. The zero-order valence-electron chi connectivity index (χ0n) is 17.9. The molecule has 3 aromatic rings. The van der Waals surface area contributed by atoms with Crippen molar-refractivity contribution in [2.45, 2.75) is 50.9 Å². The molecule has 0 atom stereocenters. The van der Waals surface area contributed by atoms with Crippen molar-refractivity contribution in [3.8, 4) is 5.75 Å². The van der Waals surface area contributed by atoms with Crippen LogP contribution < -0.4 is 10.1 Å². The number of nitrogens with zero attached hydrogens (tertiary/aromatic N) is 3. The van der Waals surface area contributed by atoms with Gasteiger partial charge in [-0.05, 0) is 30.7 Å². The van der Waals surface area contributed by atoms with Crippen LogP contribution in [0.3, 0.4) is 0 Å². The Kier molecular flexibility index (Phi) is 9.37. The Morgan fingerprint density at radius 2 is 1.91 bits per heavy atom. The van der Waals surface area contributed by atoms with Crippen LogP contribution in [0.2, 0.25) is 5.02 Å². The lowest BCUT2D eigenvalue weighted by molar-refractivity contribution is -0.113. The lowest BCUT2D eigenvalue weighted by atomic mass is 10.2. The van der Waals surface area contributed by atoms with E-state index in [0.29, 0.717) is 28.2 Å². The van der Waals surface area contributed by atoms with Crippen LogP contribution in [0.5, 0.6) is 5.75 Å². The highest BCUT2D eigenvalue weighted by molar-refractivity contribution is 7.99. The van der Waals surface area contributed by atoms with Crippen molar-refractivity contribution in [1.82, 2.24) is 14.8 Å². The Bertz CT molecular complexity index is 1030. The molecule has 0 aliphatic carbocycles. The van der Waals surface area contributed by atoms with Crippen LogP contribution in [0.25, 0.3) is 0 Å². The molecule has 0 aliphatic heterocycles. The highest BCUT2D eigenvalue weighted by Crippen LogP contribution is 2.23. The molecule has 2 aromatic carbocycles. The number of anilines is 1. The lowest BCUT2D eigenvalue weighted by Gasteiger charge is -2.11. The number of aromatic nitrogens is 3. The van der Waals surface area contributed by atoms with E-state index in [4.69, 9.17) is 16.3 Å². The van der Waals surface area contributed by atoms with Crippen molar-refractivity contribution >= 4 is 35.0 Å². The van der Waals surface area contributed by atoms with E-state index < -0.39 is 5.82 Å². The fraction of sp³-hybridized carbons (Fsp3) is 0.348. The van der Waals surface area contributed by atoms with Crippen LogP contribution in [0.15, 0.2) is 53.7 Å². The first-order valence-electron chi connectivity index (χ1n) is 10.5. The van der Waals surface area contributed by atoms with Crippen molar-refractivity contribution in [2.75, 3.05) is 11.1 Å². The van der Waals surface area contributed by atoms with Gasteiger partial charge in [-0.2, -0.15) is 0 Å². The standard InChI is InChI=1S/C23H26ClFN4O2S/c1-2-3-4-9-14-29-21(15-31-20-13-8-6-11-18(20)25)27-28-23(29)32-16-22(30)26-19-12-7-5-10-17(19)24/h5-8,10-13H,2-4,9,14-16H2,1H3,(H,26,30). The highest BCUT2D eigenvalue weighted by atomic mass is 35.5. The maximum Gasteiger partial charge on any atom is 0.234 e. The van der Waals surface area contributed by atoms with Gasteiger partial charge in [-0.1, -0.05) is 73.8 Å². The van der Waals surface area contributed by atoms with E-state index in [2.05, 4.69) is 22.4 Å². The van der Waals surface area contributed by atoms with Crippen LogP contribution in [0.4, 0.5) is 10.1 Å². The number of ether oxygens (including phenoxy) is 1. The normalized spacial score (nSPS) is 10.8. The molecule has 0 fully saturated rings. The number of benzene rings is 2. The molecule has 0 radical (unpaired) electrons. The first-order chi connectivity index (χ1) is 15.6. The summed E-state index contributed by atoms with van der Waals surface area (Å²) in [6, 6.07) is 13.3. The Hall–Kier alpha value is -2.58. The first-order valence-corrected chi connectivity index (χ1v) is 11.9. The van der Waals surface area contributed by atoms with Gasteiger partial charge in [0, 0.05) is 6.54 Å². The number of para-hydroxylation sites is 2. The zero-order chi connectivity index (χ0) is 22.8. The van der Waals surface area contributed by atoms with Gasteiger partial charge in [0.25, 0.3) is 0 Å². The van der Waals surface area contributed by atoms with E-state index in [0.717, 1.165) is 25.7 Å². The Balaban J connectivity index is 1.65. The van der Waals surface area contributed by atoms with Crippen LogP contribution in [-0.4, -0.2) is 26.4 Å². The van der Waals surface area contributed by atoms with Crippen molar-refractivity contribution in [1.29, 1.82) is 0 Å². The number of hydrogen-bond acceptors (Lipinski definition) is 5. The maximum absolute atomic E-state index is 13.9. The van der Waals surface area contributed by atoms with Gasteiger partial charge in [0.1, 0.15) is 6.61 Å². The molecule has 0 aliphatic rings. The zero-order valence-corrected chi connectivity index (χ0v) is 19.5. The minimum absolute atomic E-state index is 0.0914. The topological polar surface area (TPSA) is 69.0 Å². The minimum atomic E-state index is -0.424. The van der Waals surface area contributed by atoms with E-state index in [1.807, 2.05) is 10.6 Å². The van der Waals surface area contributed by atoms with E-state index in [1.165, 1.54) is 17.8 Å². The number of nitrogens with one attached hydrogen (secondary N) is 1. The summed E-state index contributed by atoms with van der Waals surface area (Å²) in [5.74, 6) is 0.312. The van der Waals surface area contributed by atoms with Gasteiger partial charge in [-0.25, -0.2) is 4.39 Å². The number of rotatable bonds is 12. The molecule has 3 rings (SSSR count). The van der Waals surface area contributed by atoms with E-state index in [-0.39, 0.29) is 24.0 Å². The minimum Gasteiger partial charge on any atom is -0.483 e. The molecule has 1 heterocycles. The van der Waals surface area contributed by atoms with E-state index in [9.17, 15) is 9.18 Å². The molecule has 0 unspecified atom stereocenters. The largest absolute Gasteiger partial charge is 0.483 e. The number of thioether (sulfide) groups is 1. The molecule has 1 N–H and O–H groups in total. The van der Waals surface area contributed by atoms with Crippen LogP contribution in [0, 0.1) is 5.82 Å². The van der Waals surface area contributed by atoms with Crippen molar-refractivity contribution in [3.05, 3.63) is 65.2 Å².